The van der Waals surface area contributed by atoms with Crippen molar-refractivity contribution in [1.82, 2.24) is 14.8 Å². The molecular weight excluding hydrogens is 262 g/mol. The van der Waals surface area contributed by atoms with E-state index in [1.165, 1.54) is 11.1 Å². The van der Waals surface area contributed by atoms with Crippen LogP contribution in [0.3, 0.4) is 0 Å². The van der Waals surface area contributed by atoms with E-state index in [-0.39, 0.29) is 0 Å². The molecule has 1 aromatic carbocycles. The quantitative estimate of drug-likeness (QED) is 0.806. The molecule has 0 atom stereocenters. The monoisotopic (exact) mass is 277 g/mol. The second-order valence-electron chi connectivity index (χ2n) is 4.70. The maximum Gasteiger partial charge on any atom is 0.164 e. The summed E-state index contributed by atoms with van der Waals surface area (Å²) in [5.41, 5.74) is 3.60. The second-order valence-corrected chi connectivity index (χ2v) is 4.97. The number of fused-ring (bicyclic) bond motifs is 1. The summed E-state index contributed by atoms with van der Waals surface area (Å²) in [6, 6.07) is 6.35. The number of halogens is 1. The third kappa shape index (κ3) is 2.26. The molecule has 1 aliphatic heterocycles. The minimum absolute atomic E-state index is 0.390. The van der Waals surface area contributed by atoms with Gasteiger partial charge in [0.05, 0.1) is 19.1 Å². The fraction of sp³-hybridized carbons (Fsp3) is 0.429. The van der Waals surface area contributed by atoms with E-state index in [1.807, 2.05) is 0 Å². The van der Waals surface area contributed by atoms with Crippen LogP contribution < -0.4 is 0 Å². The van der Waals surface area contributed by atoms with Gasteiger partial charge in [-0.1, -0.05) is 19.1 Å². The molecule has 2 heterocycles. The minimum atomic E-state index is 0.390. The van der Waals surface area contributed by atoms with Crippen LogP contribution in [-0.2, 0) is 30.4 Å². The van der Waals surface area contributed by atoms with Crippen LogP contribution in [0.2, 0.25) is 0 Å². The van der Waals surface area contributed by atoms with Gasteiger partial charge < -0.3 is 9.30 Å². The van der Waals surface area contributed by atoms with E-state index in [9.17, 15) is 0 Å². The Morgan fingerprint density at radius 1 is 1.26 bits per heavy atom. The average molecular weight is 278 g/mol. The number of aromatic nitrogens is 3. The maximum absolute atomic E-state index is 5.92. The third-order valence-electron chi connectivity index (χ3n) is 3.37. The topological polar surface area (TPSA) is 39.9 Å². The highest BCUT2D eigenvalue weighted by Crippen LogP contribution is 2.26. The highest BCUT2D eigenvalue weighted by Gasteiger charge is 2.16. The lowest BCUT2D eigenvalue weighted by molar-refractivity contribution is 0.134. The molecule has 19 heavy (non-hydrogen) atoms. The van der Waals surface area contributed by atoms with Crippen molar-refractivity contribution < 1.29 is 4.74 Å². The van der Waals surface area contributed by atoms with Crippen molar-refractivity contribution in [3.05, 3.63) is 35.2 Å². The molecule has 0 bridgehead atoms. The number of ether oxygens (including phenoxy) is 1. The van der Waals surface area contributed by atoms with Crippen molar-refractivity contribution in [2.24, 2.45) is 0 Å². The molecule has 1 aromatic heterocycles. The van der Waals surface area contributed by atoms with Crippen LogP contribution in [0.5, 0.6) is 0 Å². The minimum Gasteiger partial charge on any atom is -0.372 e. The Hall–Kier alpha value is -1.39. The molecule has 3 rings (SSSR count). The van der Waals surface area contributed by atoms with Gasteiger partial charge in [0.25, 0.3) is 0 Å². The van der Waals surface area contributed by atoms with Crippen molar-refractivity contribution in [1.29, 1.82) is 0 Å². The van der Waals surface area contributed by atoms with Crippen molar-refractivity contribution in [3.63, 3.8) is 0 Å². The van der Waals surface area contributed by atoms with Crippen molar-refractivity contribution >= 4 is 11.6 Å². The van der Waals surface area contributed by atoms with Gasteiger partial charge in [0, 0.05) is 12.1 Å². The van der Waals surface area contributed by atoms with E-state index in [2.05, 4.69) is 39.9 Å². The summed E-state index contributed by atoms with van der Waals surface area (Å²) in [6.45, 7) is 4.42. The van der Waals surface area contributed by atoms with E-state index in [4.69, 9.17) is 16.3 Å². The highest BCUT2D eigenvalue weighted by atomic mass is 35.5. The van der Waals surface area contributed by atoms with Crippen molar-refractivity contribution in [2.75, 3.05) is 0 Å². The zero-order valence-electron chi connectivity index (χ0n) is 10.9. The fourth-order valence-electron chi connectivity index (χ4n) is 2.42. The normalized spacial score (nSPS) is 13.8. The molecule has 4 nitrogen and oxygen atoms in total. The first-order valence-corrected chi connectivity index (χ1v) is 7.05. The molecule has 0 N–H and O–H groups in total. The zero-order valence-corrected chi connectivity index (χ0v) is 11.7. The molecule has 1 aliphatic rings. The number of hydrogen-bond donors (Lipinski definition) is 0. The first-order valence-electron chi connectivity index (χ1n) is 6.51. The number of benzene rings is 1. The van der Waals surface area contributed by atoms with Gasteiger partial charge in [-0.2, -0.15) is 0 Å². The van der Waals surface area contributed by atoms with E-state index < -0.39 is 0 Å². The Morgan fingerprint density at radius 2 is 2.11 bits per heavy atom. The largest absolute Gasteiger partial charge is 0.372 e. The molecule has 100 valence electrons. The fourth-order valence-corrected chi connectivity index (χ4v) is 2.62. The molecule has 0 fully saturated rings. The Balaban J connectivity index is 2.04. The number of nitrogens with zero attached hydrogens (tertiary/aromatic N) is 3. The third-order valence-corrected chi connectivity index (χ3v) is 3.61. The van der Waals surface area contributed by atoms with Gasteiger partial charge in [0.1, 0.15) is 5.82 Å². The predicted octanol–water partition coefficient (Wildman–Crippen LogP) is 3.12. The molecule has 0 spiro atoms. The summed E-state index contributed by atoms with van der Waals surface area (Å²) in [5, 5.41) is 8.46. The van der Waals surface area contributed by atoms with E-state index in [1.54, 1.807) is 0 Å². The average Bonchev–Trinajstić information content (AvgIpc) is 3.04. The molecular formula is C14H16ClN3O. The lowest BCUT2D eigenvalue weighted by atomic mass is 10.1. The van der Waals surface area contributed by atoms with Crippen LogP contribution in [0.25, 0.3) is 11.4 Å². The Labute approximate surface area is 117 Å². The van der Waals surface area contributed by atoms with Gasteiger partial charge in [-0.05, 0) is 23.6 Å². The Kier molecular flexibility index (Phi) is 3.53. The van der Waals surface area contributed by atoms with Gasteiger partial charge in [0.15, 0.2) is 5.82 Å². The molecule has 0 radical (unpaired) electrons. The summed E-state index contributed by atoms with van der Waals surface area (Å²) < 4.78 is 7.55. The first-order chi connectivity index (χ1) is 9.33. The molecule has 0 aliphatic carbocycles. The maximum atomic E-state index is 5.92. The van der Waals surface area contributed by atoms with Crippen LogP contribution in [0, 0.1) is 0 Å². The van der Waals surface area contributed by atoms with E-state index >= 15 is 0 Å². The molecule has 0 saturated heterocycles. The van der Waals surface area contributed by atoms with Gasteiger partial charge >= 0.3 is 0 Å². The Morgan fingerprint density at radius 3 is 2.89 bits per heavy atom. The zero-order chi connectivity index (χ0) is 13.2. The van der Waals surface area contributed by atoms with E-state index in [0.717, 1.165) is 30.2 Å². The van der Waals surface area contributed by atoms with Crippen molar-refractivity contribution in [2.45, 2.75) is 39.0 Å². The lowest BCUT2D eigenvalue weighted by Crippen LogP contribution is -2.04. The smallest absolute Gasteiger partial charge is 0.164 e. The van der Waals surface area contributed by atoms with Gasteiger partial charge in [-0.3, -0.25) is 0 Å². The predicted molar refractivity (Wildman–Crippen MR) is 73.8 cm³/mol. The summed E-state index contributed by atoms with van der Waals surface area (Å²) in [7, 11) is 0. The molecule has 5 heteroatoms. The highest BCUT2D eigenvalue weighted by molar-refractivity contribution is 6.16. The van der Waals surface area contributed by atoms with Gasteiger partial charge in [-0.25, -0.2) is 0 Å². The first kappa shape index (κ1) is 12.6. The van der Waals surface area contributed by atoms with Crippen LogP contribution in [0.4, 0.5) is 0 Å². The number of rotatable bonds is 4. The second kappa shape index (κ2) is 5.31. The van der Waals surface area contributed by atoms with Crippen LogP contribution in [-0.4, -0.2) is 14.8 Å². The van der Waals surface area contributed by atoms with Crippen LogP contribution >= 0.6 is 11.6 Å². The van der Waals surface area contributed by atoms with Gasteiger partial charge in [-0.15, -0.1) is 21.8 Å². The molecule has 0 amide bonds. The summed E-state index contributed by atoms with van der Waals surface area (Å²) >= 11 is 5.92. The summed E-state index contributed by atoms with van der Waals surface area (Å²) in [4.78, 5) is 0. The standard InChI is InChI=1S/C14H16ClN3O/c1-2-5-18-13(7-15)16-17-14(18)10-3-4-11-8-19-9-12(11)6-10/h3-4,6H,2,5,7-9H2,1H3. The van der Waals surface area contributed by atoms with E-state index in [0.29, 0.717) is 19.1 Å². The SMILES string of the molecule is CCCn1c(CCl)nnc1-c1ccc2c(c1)COC2. The Bertz CT molecular complexity index is 594. The number of hydrogen-bond acceptors (Lipinski definition) is 3. The van der Waals surface area contributed by atoms with Crippen LogP contribution in [0.1, 0.15) is 30.3 Å². The molecule has 0 unspecified atom stereocenters. The van der Waals surface area contributed by atoms with Crippen LogP contribution in [0.15, 0.2) is 18.2 Å². The molecule has 0 saturated carbocycles. The number of alkyl halides is 1. The molecule has 2 aromatic rings. The van der Waals surface area contributed by atoms with Crippen molar-refractivity contribution in [3.8, 4) is 11.4 Å². The van der Waals surface area contributed by atoms with Gasteiger partial charge in [0.2, 0.25) is 0 Å². The lowest BCUT2D eigenvalue weighted by Gasteiger charge is -2.08. The summed E-state index contributed by atoms with van der Waals surface area (Å²) in [6.07, 6.45) is 1.03. The summed E-state index contributed by atoms with van der Waals surface area (Å²) in [5.74, 6) is 2.11.